The van der Waals surface area contributed by atoms with Gasteiger partial charge in [0.2, 0.25) is 0 Å². The Morgan fingerprint density at radius 1 is 1.24 bits per heavy atom. The molecule has 2 aromatic rings. The number of nitrogens with zero attached hydrogens (tertiary/aromatic N) is 1. The molecule has 136 valence electrons. The zero-order chi connectivity index (χ0) is 16.8. The lowest BCUT2D eigenvalue weighted by Gasteiger charge is -2.26. The fraction of sp³-hybridized carbons (Fsp3) is 0.389. The molecule has 1 unspecified atom stereocenters. The van der Waals surface area contributed by atoms with Crippen molar-refractivity contribution in [1.82, 2.24) is 10.2 Å². The van der Waals surface area contributed by atoms with Crippen LogP contribution in [0, 0.1) is 0 Å². The third kappa shape index (κ3) is 5.61. The Morgan fingerprint density at radius 3 is 2.68 bits per heavy atom. The lowest BCUT2D eigenvalue weighted by molar-refractivity contribution is -0.123. The van der Waals surface area contributed by atoms with Crippen LogP contribution >= 0.6 is 35.3 Å². The number of nitrogens with one attached hydrogen (secondary N) is 1. The Kier molecular flexibility index (Phi) is 8.03. The Balaban J connectivity index is 0.00000225. The topological polar surface area (TPSA) is 41.6 Å². The molecule has 1 amide bonds. The molecule has 2 heterocycles. The molecule has 1 aromatic heterocycles. The maximum Gasteiger partial charge on any atom is 0.258 e. The molecule has 1 atom stereocenters. The van der Waals surface area contributed by atoms with Crippen molar-refractivity contribution in [3.05, 3.63) is 51.7 Å². The maximum absolute atomic E-state index is 12.1. The number of amides is 1. The minimum absolute atomic E-state index is 0. The Labute approximate surface area is 163 Å². The Morgan fingerprint density at radius 2 is 2.00 bits per heavy atom. The molecule has 25 heavy (non-hydrogen) atoms. The second kappa shape index (κ2) is 10.0. The zero-order valence-electron chi connectivity index (χ0n) is 13.8. The van der Waals surface area contributed by atoms with Gasteiger partial charge in [-0.25, -0.2) is 0 Å². The van der Waals surface area contributed by atoms with Gasteiger partial charge in [-0.05, 0) is 49.5 Å². The molecular formula is C18H22Cl2N2O2S. The van der Waals surface area contributed by atoms with E-state index in [1.54, 1.807) is 23.5 Å². The highest BCUT2D eigenvalue weighted by Crippen LogP contribution is 2.28. The second-order valence-electron chi connectivity index (χ2n) is 5.80. The standard InChI is InChI=1S/C18H21ClN2O2S.ClH/c19-14-6-1-2-7-16(14)23-13-18(22)20-12-15(17-8-5-11-24-17)21-9-3-4-10-21;/h1-2,5-8,11,15H,3-4,9-10,12-13H2,(H,20,22);1H. The number of hydrogen-bond donors (Lipinski definition) is 1. The van der Waals surface area contributed by atoms with Crippen LogP contribution in [-0.4, -0.2) is 37.0 Å². The predicted molar refractivity (Wildman–Crippen MR) is 105 cm³/mol. The van der Waals surface area contributed by atoms with E-state index in [1.807, 2.05) is 12.1 Å². The van der Waals surface area contributed by atoms with Crippen molar-refractivity contribution in [1.29, 1.82) is 0 Å². The number of halogens is 2. The largest absolute Gasteiger partial charge is 0.482 e. The van der Waals surface area contributed by atoms with Gasteiger partial charge in [-0.15, -0.1) is 23.7 Å². The highest BCUT2D eigenvalue weighted by molar-refractivity contribution is 7.10. The molecule has 4 nitrogen and oxygen atoms in total. The van der Waals surface area contributed by atoms with Crippen molar-refractivity contribution in [2.45, 2.75) is 18.9 Å². The maximum atomic E-state index is 12.1. The third-order valence-corrected chi connectivity index (χ3v) is 5.43. The van der Waals surface area contributed by atoms with Crippen LogP contribution in [0.25, 0.3) is 0 Å². The summed E-state index contributed by atoms with van der Waals surface area (Å²) < 4.78 is 5.49. The van der Waals surface area contributed by atoms with Gasteiger partial charge in [0.1, 0.15) is 5.75 Å². The number of likely N-dealkylation sites (tertiary alicyclic amines) is 1. The molecule has 0 radical (unpaired) electrons. The van der Waals surface area contributed by atoms with Gasteiger partial charge in [0.25, 0.3) is 5.91 Å². The monoisotopic (exact) mass is 400 g/mol. The summed E-state index contributed by atoms with van der Waals surface area (Å²) in [6, 6.07) is 11.6. The minimum atomic E-state index is -0.129. The molecule has 7 heteroatoms. The second-order valence-corrected chi connectivity index (χ2v) is 7.18. The summed E-state index contributed by atoms with van der Waals surface area (Å²) in [6.45, 7) is 2.76. The Hall–Kier alpha value is -1.27. The molecule has 0 saturated carbocycles. The summed E-state index contributed by atoms with van der Waals surface area (Å²) in [5.74, 6) is 0.402. The first kappa shape index (κ1) is 20.0. The third-order valence-electron chi connectivity index (χ3n) is 4.14. The van der Waals surface area contributed by atoms with E-state index in [2.05, 4.69) is 27.7 Å². The number of rotatable bonds is 7. The van der Waals surface area contributed by atoms with Gasteiger partial charge < -0.3 is 10.1 Å². The van der Waals surface area contributed by atoms with Gasteiger partial charge in [-0.1, -0.05) is 29.8 Å². The molecule has 1 aliphatic heterocycles. The normalized spacial score (nSPS) is 15.4. The van der Waals surface area contributed by atoms with Crippen LogP contribution in [0.2, 0.25) is 5.02 Å². The first-order valence-corrected chi connectivity index (χ1v) is 9.41. The van der Waals surface area contributed by atoms with E-state index in [4.69, 9.17) is 16.3 Å². The summed E-state index contributed by atoms with van der Waals surface area (Å²) in [5, 5.41) is 5.59. The van der Waals surface area contributed by atoms with Gasteiger partial charge in [0, 0.05) is 11.4 Å². The number of para-hydroxylation sites is 1. The van der Waals surface area contributed by atoms with Crippen molar-refractivity contribution in [3.63, 3.8) is 0 Å². The van der Waals surface area contributed by atoms with Crippen LogP contribution in [0.4, 0.5) is 0 Å². The Bertz CT molecular complexity index is 661. The minimum Gasteiger partial charge on any atom is -0.482 e. The molecule has 1 N–H and O–H groups in total. The number of ether oxygens (including phenoxy) is 1. The first-order valence-electron chi connectivity index (χ1n) is 8.15. The molecular weight excluding hydrogens is 379 g/mol. The number of benzene rings is 1. The van der Waals surface area contributed by atoms with E-state index >= 15 is 0 Å². The van der Waals surface area contributed by atoms with Crippen LogP contribution in [0.5, 0.6) is 5.75 Å². The summed E-state index contributed by atoms with van der Waals surface area (Å²) in [4.78, 5) is 15.9. The van der Waals surface area contributed by atoms with Crippen molar-refractivity contribution in [3.8, 4) is 5.75 Å². The number of hydrogen-bond acceptors (Lipinski definition) is 4. The van der Waals surface area contributed by atoms with Crippen molar-refractivity contribution >= 4 is 41.3 Å². The molecule has 3 rings (SSSR count). The van der Waals surface area contributed by atoms with Gasteiger partial charge in [-0.2, -0.15) is 0 Å². The molecule has 1 aliphatic rings. The van der Waals surface area contributed by atoms with E-state index in [9.17, 15) is 4.79 Å². The van der Waals surface area contributed by atoms with Crippen LogP contribution in [-0.2, 0) is 4.79 Å². The smallest absolute Gasteiger partial charge is 0.258 e. The average Bonchev–Trinajstić information content (AvgIpc) is 3.28. The summed E-state index contributed by atoms with van der Waals surface area (Å²) in [5.41, 5.74) is 0. The first-order chi connectivity index (χ1) is 11.7. The molecule has 1 aromatic carbocycles. The van der Waals surface area contributed by atoms with E-state index in [0.29, 0.717) is 17.3 Å². The fourth-order valence-electron chi connectivity index (χ4n) is 2.91. The lowest BCUT2D eigenvalue weighted by atomic mass is 10.2. The van der Waals surface area contributed by atoms with Gasteiger partial charge in [0.05, 0.1) is 11.1 Å². The SMILES string of the molecule is Cl.O=C(COc1ccccc1Cl)NCC(c1cccs1)N1CCCC1. The lowest BCUT2D eigenvalue weighted by Crippen LogP contribution is -2.38. The fourth-order valence-corrected chi connectivity index (χ4v) is 3.96. The molecule has 0 spiro atoms. The van der Waals surface area contributed by atoms with Crippen LogP contribution in [0.3, 0.4) is 0 Å². The molecule has 0 bridgehead atoms. The van der Waals surface area contributed by atoms with Gasteiger partial charge in [0.15, 0.2) is 6.61 Å². The number of carbonyl (C=O) groups is 1. The molecule has 1 fully saturated rings. The van der Waals surface area contributed by atoms with E-state index in [1.165, 1.54) is 17.7 Å². The van der Waals surface area contributed by atoms with Crippen LogP contribution in [0.1, 0.15) is 23.8 Å². The zero-order valence-corrected chi connectivity index (χ0v) is 16.2. The van der Waals surface area contributed by atoms with Crippen molar-refractivity contribution in [2.75, 3.05) is 26.2 Å². The molecule has 0 aliphatic carbocycles. The predicted octanol–water partition coefficient (Wildman–Crippen LogP) is 4.16. The quantitative estimate of drug-likeness (QED) is 0.758. The average molecular weight is 401 g/mol. The van der Waals surface area contributed by atoms with Gasteiger partial charge >= 0.3 is 0 Å². The van der Waals surface area contributed by atoms with E-state index in [0.717, 1.165) is 13.1 Å². The highest BCUT2D eigenvalue weighted by atomic mass is 35.5. The summed E-state index contributed by atoms with van der Waals surface area (Å²) in [7, 11) is 0. The number of carbonyl (C=O) groups excluding carboxylic acids is 1. The van der Waals surface area contributed by atoms with Gasteiger partial charge in [-0.3, -0.25) is 9.69 Å². The van der Waals surface area contributed by atoms with Crippen LogP contribution in [0.15, 0.2) is 41.8 Å². The number of thiophene rings is 1. The van der Waals surface area contributed by atoms with E-state index in [-0.39, 0.29) is 31.0 Å². The van der Waals surface area contributed by atoms with E-state index < -0.39 is 0 Å². The highest BCUT2D eigenvalue weighted by Gasteiger charge is 2.24. The van der Waals surface area contributed by atoms with Crippen LogP contribution < -0.4 is 10.1 Å². The summed E-state index contributed by atoms with van der Waals surface area (Å²) >= 11 is 7.77. The van der Waals surface area contributed by atoms with Crippen molar-refractivity contribution < 1.29 is 9.53 Å². The molecule has 1 saturated heterocycles. The van der Waals surface area contributed by atoms with Crippen molar-refractivity contribution in [2.24, 2.45) is 0 Å². The summed E-state index contributed by atoms with van der Waals surface area (Å²) in [6.07, 6.45) is 2.46.